The number of aliphatic hydroxyl groups excluding tert-OH is 1. The topological polar surface area (TPSA) is 133 Å². The fourth-order valence-electron chi connectivity index (χ4n) is 4.52. The molecule has 36 heavy (non-hydrogen) atoms. The van der Waals surface area contributed by atoms with Crippen molar-refractivity contribution in [2.45, 2.75) is 44.9 Å². The van der Waals surface area contributed by atoms with Crippen molar-refractivity contribution >= 4 is 15.7 Å². The molecular weight excluding hydrogens is 484 g/mol. The number of nitrogens with zero attached hydrogens (tertiary/aromatic N) is 5. The molecule has 1 fully saturated rings. The van der Waals surface area contributed by atoms with E-state index in [2.05, 4.69) is 9.97 Å². The number of β-amino-alcohol motifs (C(OH)–C–C–N with tert-alkyl or cyclic N) is 1. The highest BCUT2D eigenvalue weighted by Crippen LogP contribution is 2.32. The van der Waals surface area contributed by atoms with Crippen LogP contribution in [0.5, 0.6) is 5.75 Å². The Balaban J connectivity index is 1.79. The van der Waals surface area contributed by atoms with Crippen LogP contribution in [0, 0.1) is 0 Å². The molecule has 196 valence electrons. The van der Waals surface area contributed by atoms with Gasteiger partial charge in [-0.05, 0) is 31.5 Å². The average Bonchev–Trinajstić information content (AvgIpc) is 3.23. The third-order valence-electron chi connectivity index (χ3n) is 6.33. The summed E-state index contributed by atoms with van der Waals surface area (Å²) in [4.78, 5) is 27.4. The number of hydrogen-bond acceptors (Lipinski definition) is 8. The van der Waals surface area contributed by atoms with Crippen molar-refractivity contribution in [3.05, 3.63) is 40.2 Å². The number of aliphatic hydroxyl groups is 1. The number of hydrogen-bond donors (Lipinski definition) is 2. The van der Waals surface area contributed by atoms with Crippen LogP contribution >= 0.6 is 0 Å². The minimum Gasteiger partial charge on any atom is -0.493 e. The van der Waals surface area contributed by atoms with E-state index in [0.29, 0.717) is 75.0 Å². The predicted molar refractivity (Wildman–Crippen MR) is 136 cm³/mol. The van der Waals surface area contributed by atoms with E-state index in [-0.39, 0.29) is 23.0 Å². The molecule has 1 aromatic carbocycles. The van der Waals surface area contributed by atoms with Gasteiger partial charge in [-0.1, -0.05) is 20.3 Å². The number of ether oxygens (including phenoxy) is 1. The molecule has 3 heterocycles. The molecule has 2 N–H and O–H groups in total. The molecule has 0 saturated carbocycles. The first-order valence-electron chi connectivity index (χ1n) is 12.4. The van der Waals surface area contributed by atoms with Crippen molar-refractivity contribution in [3.63, 3.8) is 0 Å². The molecule has 12 heteroatoms. The van der Waals surface area contributed by atoms with Crippen LogP contribution in [0.25, 0.3) is 17.0 Å². The lowest BCUT2D eigenvalue weighted by Gasteiger charge is -2.33. The Kier molecular flexibility index (Phi) is 8.08. The van der Waals surface area contributed by atoms with Crippen LogP contribution in [0.2, 0.25) is 0 Å². The lowest BCUT2D eigenvalue weighted by molar-refractivity contribution is 0.151. The largest absolute Gasteiger partial charge is 0.493 e. The summed E-state index contributed by atoms with van der Waals surface area (Å²) in [6, 6.07) is 4.65. The summed E-state index contributed by atoms with van der Waals surface area (Å²) in [5.74, 6) is 1.31. The molecule has 0 spiro atoms. The molecule has 1 saturated heterocycles. The van der Waals surface area contributed by atoms with Gasteiger partial charge in [0.1, 0.15) is 17.4 Å². The minimum atomic E-state index is -3.78. The number of piperazine rings is 1. The third kappa shape index (κ3) is 5.03. The van der Waals surface area contributed by atoms with Crippen LogP contribution in [-0.2, 0) is 22.9 Å². The van der Waals surface area contributed by atoms with Gasteiger partial charge in [-0.15, -0.1) is 0 Å². The highest BCUT2D eigenvalue weighted by molar-refractivity contribution is 7.89. The number of aromatic nitrogens is 4. The van der Waals surface area contributed by atoms with Gasteiger partial charge in [0.25, 0.3) is 0 Å². The van der Waals surface area contributed by atoms with Crippen LogP contribution in [0.1, 0.15) is 38.7 Å². The van der Waals surface area contributed by atoms with Crippen molar-refractivity contribution in [1.29, 1.82) is 0 Å². The van der Waals surface area contributed by atoms with Gasteiger partial charge < -0.3 is 9.84 Å². The SMILES string of the molecule is CCCc1nc(CC)n2c(=O)[nH]c(-c3cc(S(=O)(=O)N4CCN(CCO)CC4)ccc3OCC)nc12. The number of fused-ring (bicyclic) bond motifs is 1. The summed E-state index contributed by atoms with van der Waals surface area (Å²) < 4.78 is 35.7. The number of benzene rings is 1. The second-order valence-electron chi connectivity index (χ2n) is 8.69. The van der Waals surface area contributed by atoms with Gasteiger partial charge in [0, 0.05) is 39.1 Å². The van der Waals surface area contributed by atoms with Gasteiger partial charge in [-0.3, -0.25) is 9.88 Å². The standard InChI is InChI=1S/C24H34N6O5S/c1-4-7-19-23-26-22(27-24(32)30(23)21(5-2)25-19)18-16-17(8-9-20(18)35-6-3)36(33,34)29-12-10-28(11-13-29)14-15-31/h8-9,16,31H,4-7,10-15H2,1-3H3,(H,26,27,32). The monoisotopic (exact) mass is 518 g/mol. The molecule has 0 aliphatic carbocycles. The zero-order chi connectivity index (χ0) is 25.9. The molecule has 0 unspecified atom stereocenters. The molecule has 3 aromatic rings. The second kappa shape index (κ2) is 11.1. The number of aryl methyl sites for hydroxylation is 2. The van der Waals surface area contributed by atoms with E-state index in [4.69, 9.17) is 14.8 Å². The molecular formula is C24H34N6O5S. The van der Waals surface area contributed by atoms with E-state index in [1.165, 1.54) is 20.8 Å². The highest BCUT2D eigenvalue weighted by Gasteiger charge is 2.29. The molecule has 0 bridgehead atoms. The summed E-state index contributed by atoms with van der Waals surface area (Å²) in [6.45, 7) is 8.52. The maximum Gasteiger partial charge on any atom is 0.334 e. The van der Waals surface area contributed by atoms with E-state index < -0.39 is 10.0 Å². The molecule has 0 amide bonds. The van der Waals surface area contributed by atoms with Gasteiger partial charge >= 0.3 is 5.69 Å². The molecule has 0 radical (unpaired) electrons. The summed E-state index contributed by atoms with van der Waals surface area (Å²) in [6.07, 6.45) is 2.11. The van der Waals surface area contributed by atoms with E-state index in [1.807, 2.05) is 25.7 Å². The Bertz CT molecular complexity index is 1380. The average molecular weight is 519 g/mol. The van der Waals surface area contributed by atoms with Crippen LogP contribution in [0.4, 0.5) is 0 Å². The van der Waals surface area contributed by atoms with Crippen molar-refractivity contribution < 1.29 is 18.3 Å². The Hall–Kier alpha value is -2.80. The lowest BCUT2D eigenvalue weighted by atomic mass is 10.2. The van der Waals surface area contributed by atoms with Gasteiger partial charge in [-0.25, -0.2) is 27.6 Å². The Morgan fingerprint density at radius 1 is 1.11 bits per heavy atom. The third-order valence-corrected chi connectivity index (χ3v) is 8.23. The van der Waals surface area contributed by atoms with E-state index in [9.17, 15) is 13.2 Å². The van der Waals surface area contributed by atoms with E-state index in [0.717, 1.165) is 12.1 Å². The number of H-pyrrole nitrogens is 1. The molecule has 2 aromatic heterocycles. The zero-order valence-corrected chi connectivity index (χ0v) is 21.8. The van der Waals surface area contributed by atoms with Gasteiger partial charge in [-0.2, -0.15) is 4.31 Å². The second-order valence-corrected chi connectivity index (χ2v) is 10.6. The lowest BCUT2D eigenvalue weighted by Crippen LogP contribution is -2.49. The first-order valence-corrected chi connectivity index (χ1v) is 13.9. The van der Waals surface area contributed by atoms with Crippen LogP contribution in [0.3, 0.4) is 0 Å². The summed E-state index contributed by atoms with van der Waals surface area (Å²) in [5.41, 5.74) is 1.24. The highest BCUT2D eigenvalue weighted by atomic mass is 32.2. The number of imidazole rings is 1. The van der Waals surface area contributed by atoms with Crippen LogP contribution in [0.15, 0.2) is 27.9 Å². The summed E-state index contributed by atoms with van der Waals surface area (Å²) >= 11 is 0. The predicted octanol–water partition coefficient (Wildman–Crippen LogP) is 1.30. The Labute approximate surface area is 210 Å². The molecule has 11 nitrogen and oxygen atoms in total. The molecule has 0 atom stereocenters. The summed E-state index contributed by atoms with van der Waals surface area (Å²) in [7, 11) is -3.78. The Morgan fingerprint density at radius 3 is 2.50 bits per heavy atom. The van der Waals surface area contributed by atoms with Crippen molar-refractivity contribution in [3.8, 4) is 17.1 Å². The minimum absolute atomic E-state index is 0.0431. The molecule has 1 aliphatic rings. The van der Waals surface area contributed by atoms with Gasteiger partial charge in [0.05, 0.1) is 29.4 Å². The molecule has 4 rings (SSSR count). The number of sulfonamides is 1. The Morgan fingerprint density at radius 2 is 1.86 bits per heavy atom. The fraction of sp³-hybridized carbons (Fsp3) is 0.542. The van der Waals surface area contributed by atoms with Gasteiger partial charge in [0.2, 0.25) is 10.0 Å². The maximum absolute atomic E-state index is 13.5. The number of aromatic amines is 1. The maximum atomic E-state index is 13.5. The van der Waals surface area contributed by atoms with E-state index in [1.54, 1.807) is 6.07 Å². The normalized spacial score (nSPS) is 15.6. The number of nitrogens with one attached hydrogen (secondary N) is 1. The van der Waals surface area contributed by atoms with Crippen LogP contribution < -0.4 is 10.4 Å². The number of rotatable bonds is 10. The first kappa shape index (κ1) is 26.3. The summed E-state index contributed by atoms with van der Waals surface area (Å²) in [5, 5.41) is 9.16. The zero-order valence-electron chi connectivity index (χ0n) is 21.0. The van der Waals surface area contributed by atoms with Crippen LogP contribution in [-0.4, -0.2) is 88.0 Å². The smallest absolute Gasteiger partial charge is 0.334 e. The molecule has 1 aliphatic heterocycles. The van der Waals surface area contributed by atoms with Crippen molar-refractivity contribution in [1.82, 2.24) is 28.6 Å². The van der Waals surface area contributed by atoms with Gasteiger partial charge in [0.15, 0.2) is 5.65 Å². The first-order chi connectivity index (χ1) is 17.3. The van der Waals surface area contributed by atoms with Crippen molar-refractivity contribution in [2.24, 2.45) is 0 Å². The van der Waals surface area contributed by atoms with E-state index >= 15 is 0 Å². The van der Waals surface area contributed by atoms with Crippen molar-refractivity contribution in [2.75, 3.05) is 45.9 Å². The quantitative estimate of drug-likeness (QED) is 0.410. The fourth-order valence-corrected chi connectivity index (χ4v) is 5.96.